The number of hydrogen-bond acceptors (Lipinski definition) is 2. The highest BCUT2D eigenvalue weighted by molar-refractivity contribution is 5.90. The number of carbonyl (C=O) groups excluding carboxylic acids is 2. The third-order valence-corrected chi connectivity index (χ3v) is 5.61. The number of likely N-dealkylation sites (tertiary alicyclic amines) is 1. The van der Waals surface area contributed by atoms with E-state index in [-0.39, 0.29) is 23.3 Å². The van der Waals surface area contributed by atoms with Crippen LogP contribution in [0.15, 0.2) is 54.6 Å². The molecule has 5 heteroatoms. The second-order valence-electron chi connectivity index (χ2n) is 8.55. The SMILES string of the molecule is Cc1cccc(NC(=O)N2CCCC(C(=O)NCC(C)(C)c3ccccc3)C2)c1. The van der Waals surface area contributed by atoms with Crippen molar-refractivity contribution in [3.8, 4) is 0 Å². The quantitative estimate of drug-likeness (QED) is 0.794. The van der Waals surface area contributed by atoms with E-state index < -0.39 is 0 Å². The van der Waals surface area contributed by atoms with Gasteiger partial charge in [0.05, 0.1) is 5.92 Å². The standard InChI is InChI=1S/C24H31N3O2/c1-18-9-7-13-21(15-18)26-23(29)27-14-8-10-19(16-27)22(28)25-17-24(2,3)20-11-5-4-6-12-20/h4-7,9,11-13,15,19H,8,10,14,16-17H2,1-3H3,(H,25,28)(H,26,29). The Balaban J connectivity index is 1.54. The summed E-state index contributed by atoms with van der Waals surface area (Å²) >= 11 is 0. The number of hydrogen-bond donors (Lipinski definition) is 2. The van der Waals surface area contributed by atoms with Gasteiger partial charge in [-0.2, -0.15) is 0 Å². The van der Waals surface area contributed by atoms with Crippen LogP contribution in [0, 0.1) is 12.8 Å². The van der Waals surface area contributed by atoms with Crippen molar-refractivity contribution in [1.82, 2.24) is 10.2 Å². The molecule has 2 aromatic carbocycles. The minimum Gasteiger partial charge on any atom is -0.355 e. The number of anilines is 1. The lowest BCUT2D eigenvalue weighted by molar-refractivity contribution is -0.126. The van der Waals surface area contributed by atoms with Crippen molar-refractivity contribution >= 4 is 17.6 Å². The third-order valence-electron chi connectivity index (χ3n) is 5.61. The molecule has 1 aliphatic heterocycles. The van der Waals surface area contributed by atoms with Gasteiger partial charge in [0.15, 0.2) is 0 Å². The Morgan fingerprint density at radius 1 is 1.10 bits per heavy atom. The van der Waals surface area contributed by atoms with E-state index >= 15 is 0 Å². The number of amides is 3. The van der Waals surface area contributed by atoms with Crippen molar-refractivity contribution in [2.75, 3.05) is 25.0 Å². The van der Waals surface area contributed by atoms with Crippen LogP contribution in [0.2, 0.25) is 0 Å². The van der Waals surface area contributed by atoms with Crippen molar-refractivity contribution in [2.45, 2.75) is 39.0 Å². The third kappa shape index (κ3) is 5.59. The van der Waals surface area contributed by atoms with E-state index in [9.17, 15) is 9.59 Å². The van der Waals surface area contributed by atoms with Gasteiger partial charge in [0, 0.05) is 30.7 Å². The smallest absolute Gasteiger partial charge is 0.321 e. The van der Waals surface area contributed by atoms with Gasteiger partial charge in [-0.15, -0.1) is 0 Å². The molecule has 1 saturated heterocycles. The number of aryl methyl sites for hydroxylation is 1. The molecule has 0 bridgehead atoms. The van der Waals surface area contributed by atoms with Crippen LogP contribution in [0.4, 0.5) is 10.5 Å². The Kier molecular flexibility index (Phi) is 6.57. The maximum absolute atomic E-state index is 12.8. The molecule has 1 aliphatic rings. The Morgan fingerprint density at radius 3 is 2.59 bits per heavy atom. The Labute approximate surface area is 173 Å². The molecule has 1 unspecified atom stereocenters. The monoisotopic (exact) mass is 393 g/mol. The minimum atomic E-state index is -0.168. The van der Waals surface area contributed by atoms with Crippen LogP contribution in [0.5, 0.6) is 0 Å². The van der Waals surface area contributed by atoms with Crippen LogP contribution < -0.4 is 10.6 Å². The van der Waals surface area contributed by atoms with Crippen molar-refractivity contribution in [3.63, 3.8) is 0 Å². The largest absolute Gasteiger partial charge is 0.355 e. The summed E-state index contributed by atoms with van der Waals surface area (Å²) in [4.78, 5) is 27.2. The fourth-order valence-corrected chi connectivity index (χ4v) is 3.74. The number of nitrogens with one attached hydrogen (secondary N) is 2. The Morgan fingerprint density at radius 2 is 1.86 bits per heavy atom. The van der Waals surface area contributed by atoms with E-state index in [4.69, 9.17) is 0 Å². The summed E-state index contributed by atoms with van der Waals surface area (Å²) in [6.07, 6.45) is 1.65. The molecule has 29 heavy (non-hydrogen) atoms. The number of carbonyl (C=O) groups is 2. The van der Waals surface area contributed by atoms with Gasteiger partial charge in [-0.1, -0.05) is 56.3 Å². The zero-order chi connectivity index (χ0) is 20.9. The number of urea groups is 1. The van der Waals surface area contributed by atoms with Crippen molar-refractivity contribution < 1.29 is 9.59 Å². The first kappa shape index (κ1) is 20.9. The summed E-state index contributed by atoms with van der Waals surface area (Å²) in [5.74, 6) is -0.138. The number of rotatable bonds is 5. The summed E-state index contributed by atoms with van der Waals surface area (Å²) in [5.41, 5.74) is 2.93. The molecule has 1 heterocycles. The summed E-state index contributed by atoms with van der Waals surface area (Å²) in [7, 11) is 0. The van der Waals surface area contributed by atoms with Crippen molar-refractivity contribution in [1.29, 1.82) is 0 Å². The van der Waals surface area contributed by atoms with Gasteiger partial charge in [-0.25, -0.2) is 4.79 Å². The summed E-state index contributed by atoms with van der Waals surface area (Å²) < 4.78 is 0. The van der Waals surface area contributed by atoms with Gasteiger partial charge in [0.25, 0.3) is 0 Å². The molecular formula is C24H31N3O2. The van der Waals surface area contributed by atoms with Gasteiger partial charge >= 0.3 is 6.03 Å². The highest BCUT2D eigenvalue weighted by Crippen LogP contribution is 2.23. The van der Waals surface area contributed by atoms with Crippen LogP contribution in [-0.2, 0) is 10.2 Å². The van der Waals surface area contributed by atoms with Gasteiger partial charge in [-0.05, 0) is 43.0 Å². The molecule has 154 valence electrons. The first-order valence-corrected chi connectivity index (χ1v) is 10.3. The second-order valence-corrected chi connectivity index (χ2v) is 8.55. The van der Waals surface area contributed by atoms with E-state index in [0.717, 1.165) is 24.1 Å². The normalized spacial score (nSPS) is 16.9. The molecule has 1 fully saturated rings. The molecule has 3 rings (SSSR count). The molecule has 2 N–H and O–H groups in total. The minimum absolute atomic E-state index is 0.0297. The van der Waals surface area contributed by atoms with E-state index in [0.29, 0.717) is 19.6 Å². The lowest BCUT2D eigenvalue weighted by Gasteiger charge is -2.33. The molecule has 1 atom stereocenters. The van der Waals surface area contributed by atoms with Crippen LogP contribution in [-0.4, -0.2) is 36.5 Å². The zero-order valence-corrected chi connectivity index (χ0v) is 17.6. The maximum atomic E-state index is 12.8. The van der Waals surface area contributed by atoms with E-state index in [1.54, 1.807) is 4.90 Å². The average molecular weight is 394 g/mol. The molecule has 0 radical (unpaired) electrons. The molecule has 0 aromatic heterocycles. The van der Waals surface area contributed by atoms with Gasteiger partial charge in [0.1, 0.15) is 0 Å². The highest BCUT2D eigenvalue weighted by Gasteiger charge is 2.30. The second kappa shape index (κ2) is 9.12. The number of piperidine rings is 1. The van der Waals surface area contributed by atoms with Crippen LogP contribution >= 0.6 is 0 Å². The van der Waals surface area contributed by atoms with E-state index in [1.807, 2.05) is 49.4 Å². The van der Waals surface area contributed by atoms with Gasteiger partial charge < -0.3 is 15.5 Å². The first-order chi connectivity index (χ1) is 13.8. The van der Waals surface area contributed by atoms with Crippen LogP contribution in [0.1, 0.15) is 37.8 Å². The number of nitrogens with zero attached hydrogens (tertiary/aromatic N) is 1. The predicted molar refractivity (Wildman–Crippen MR) is 117 cm³/mol. The number of benzene rings is 2. The molecule has 2 aromatic rings. The molecule has 3 amide bonds. The predicted octanol–water partition coefficient (Wildman–Crippen LogP) is 4.33. The molecule has 0 spiro atoms. The highest BCUT2D eigenvalue weighted by atomic mass is 16.2. The van der Waals surface area contributed by atoms with E-state index in [1.165, 1.54) is 5.56 Å². The van der Waals surface area contributed by atoms with Crippen LogP contribution in [0.3, 0.4) is 0 Å². The first-order valence-electron chi connectivity index (χ1n) is 10.3. The molecular weight excluding hydrogens is 362 g/mol. The van der Waals surface area contributed by atoms with E-state index in [2.05, 4.69) is 36.6 Å². The van der Waals surface area contributed by atoms with Gasteiger partial charge in [0.2, 0.25) is 5.91 Å². The maximum Gasteiger partial charge on any atom is 0.321 e. The van der Waals surface area contributed by atoms with Crippen molar-refractivity contribution in [2.24, 2.45) is 5.92 Å². The zero-order valence-electron chi connectivity index (χ0n) is 17.6. The Hall–Kier alpha value is -2.82. The van der Waals surface area contributed by atoms with Gasteiger partial charge in [-0.3, -0.25) is 4.79 Å². The fourth-order valence-electron chi connectivity index (χ4n) is 3.74. The molecule has 0 aliphatic carbocycles. The molecule has 0 saturated carbocycles. The Bertz CT molecular complexity index is 848. The van der Waals surface area contributed by atoms with Crippen molar-refractivity contribution in [3.05, 3.63) is 65.7 Å². The topological polar surface area (TPSA) is 61.4 Å². The summed E-state index contributed by atoms with van der Waals surface area (Å²) in [6, 6.07) is 17.8. The fraction of sp³-hybridized carbons (Fsp3) is 0.417. The lowest BCUT2D eigenvalue weighted by Crippen LogP contribution is -2.48. The lowest BCUT2D eigenvalue weighted by atomic mass is 9.84. The van der Waals surface area contributed by atoms with Crippen LogP contribution in [0.25, 0.3) is 0 Å². The summed E-state index contributed by atoms with van der Waals surface area (Å²) in [5, 5.41) is 6.06. The molecule has 5 nitrogen and oxygen atoms in total. The average Bonchev–Trinajstić information content (AvgIpc) is 2.73. The summed E-state index contributed by atoms with van der Waals surface area (Å²) in [6.45, 7) is 7.96.